The number of carboxylic acids is 1. The molecule has 0 heterocycles. The summed E-state index contributed by atoms with van der Waals surface area (Å²) in [4.78, 5) is 22.4. The van der Waals surface area contributed by atoms with Gasteiger partial charge in [-0.15, -0.1) is 0 Å². The number of ether oxygens (including phenoxy) is 1. The smallest absolute Gasteiger partial charge is 0.162 e. The van der Waals surface area contributed by atoms with E-state index in [0.717, 1.165) is 16.5 Å². The van der Waals surface area contributed by atoms with Crippen molar-refractivity contribution in [3.63, 3.8) is 0 Å². The molecule has 0 atom stereocenters. The van der Waals surface area contributed by atoms with Crippen LogP contribution in [0, 0.1) is 0 Å². The second-order valence-corrected chi connectivity index (χ2v) is 4.93. The number of hydrogen-bond donors (Lipinski definition) is 0. The summed E-state index contributed by atoms with van der Waals surface area (Å²) in [5, 5.41) is 12.3. The second kappa shape index (κ2) is 6.88. The molecule has 2 rings (SSSR count). The zero-order valence-corrected chi connectivity index (χ0v) is 11.9. The van der Waals surface area contributed by atoms with Gasteiger partial charge in [-0.25, -0.2) is 0 Å². The maximum atomic E-state index is 12.1. The number of methoxy groups -OCH3 is 1. The van der Waals surface area contributed by atoms with Gasteiger partial charge in [-0.3, -0.25) is 4.79 Å². The summed E-state index contributed by atoms with van der Waals surface area (Å²) in [5.41, 5.74) is 0.654. The third kappa shape index (κ3) is 4.05. The van der Waals surface area contributed by atoms with Crippen molar-refractivity contribution in [1.82, 2.24) is 0 Å². The van der Waals surface area contributed by atoms with Gasteiger partial charge in [0.25, 0.3) is 0 Å². The van der Waals surface area contributed by atoms with E-state index in [1.54, 1.807) is 13.2 Å². The van der Waals surface area contributed by atoms with Crippen molar-refractivity contribution < 1.29 is 19.4 Å². The van der Waals surface area contributed by atoms with Crippen LogP contribution in [0.15, 0.2) is 36.4 Å². The predicted octanol–water partition coefficient (Wildman–Crippen LogP) is 2.34. The molecule has 0 saturated carbocycles. The molecule has 0 aliphatic heterocycles. The molecule has 0 N–H and O–H groups in total. The minimum atomic E-state index is -1.07. The van der Waals surface area contributed by atoms with Gasteiger partial charge in [-0.1, -0.05) is 18.2 Å². The van der Waals surface area contributed by atoms with E-state index in [4.69, 9.17) is 4.74 Å². The Bertz CT molecular complexity index is 661. The molecule has 110 valence electrons. The molecule has 0 fully saturated rings. The van der Waals surface area contributed by atoms with Crippen LogP contribution >= 0.6 is 0 Å². The fourth-order valence-corrected chi connectivity index (χ4v) is 2.22. The minimum absolute atomic E-state index is 0.00476. The first-order valence-electron chi connectivity index (χ1n) is 6.91. The molecule has 0 spiro atoms. The fraction of sp³-hybridized carbons (Fsp3) is 0.294. The standard InChI is InChI=1S/C17H18O4/c1-21-15-9-8-12-10-14(7-6-13(12)11-15)16(18)4-2-3-5-17(19)20/h6-11H,2-5H2,1H3,(H,19,20)/p-1. The second-order valence-electron chi connectivity index (χ2n) is 4.93. The van der Waals surface area contributed by atoms with Crippen molar-refractivity contribution in [1.29, 1.82) is 0 Å². The van der Waals surface area contributed by atoms with E-state index < -0.39 is 5.97 Å². The molecule has 0 unspecified atom stereocenters. The molecule has 0 amide bonds. The van der Waals surface area contributed by atoms with E-state index in [0.29, 0.717) is 24.8 Å². The van der Waals surface area contributed by atoms with Crippen LogP contribution in [0.25, 0.3) is 10.8 Å². The quantitative estimate of drug-likeness (QED) is 0.578. The zero-order valence-electron chi connectivity index (χ0n) is 11.9. The van der Waals surface area contributed by atoms with Gasteiger partial charge in [0.2, 0.25) is 0 Å². The molecule has 2 aromatic carbocycles. The fourth-order valence-electron chi connectivity index (χ4n) is 2.22. The highest BCUT2D eigenvalue weighted by Crippen LogP contribution is 2.22. The van der Waals surface area contributed by atoms with Gasteiger partial charge in [0.1, 0.15) is 5.75 Å². The highest BCUT2D eigenvalue weighted by Gasteiger charge is 2.07. The number of Topliss-reactive ketones (excluding diaryl/α,β-unsaturated/α-hetero) is 1. The maximum absolute atomic E-state index is 12.1. The first kappa shape index (κ1) is 15.0. The Morgan fingerprint density at radius 1 is 1.00 bits per heavy atom. The van der Waals surface area contributed by atoms with Crippen LogP contribution in [-0.2, 0) is 4.79 Å². The van der Waals surface area contributed by atoms with Gasteiger partial charge in [-0.05, 0) is 48.2 Å². The van der Waals surface area contributed by atoms with Gasteiger partial charge >= 0.3 is 0 Å². The number of carbonyl (C=O) groups is 2. The maximum Gasteiger partial charge on any atom is 0.162 e. The molecule has 0 radical (unpaired) electrons. The van der Waals surface area contributed by atoms with Gasteiger partial charge in [0.05, 0.1) is 7.11 Å². The Labute approximate surface area is 123 Å². The molecule has 21 heavy (non-hydrogen) atoms. The summed E-state index contributed by atoms with van der Waals surface area (Å²) in [5.74, 6) is -0.253. The molecule has 0 saturated heterocycles. The Balaban J connectivity index is 2.04. The number of rotatable bonds is 7. The monoisotopic (exact) mass is 285 g/mol. The average Bonchev–Trinajstić information content (AvgIpc) is 2.50. The lowest BCUT2D eigenvalue weighted by Crippen LogP contribution is -2.21. The third-order valence-corrected chi connectivity index (χ3v) is 3.40. The first-order valence-corrected chi connectivity index (χ1v) is 6.91. The van der Waals surface area contributed by atoms with Crippen molar-refractivity contribution in [2.24, 2.45) is 0 Å². The van der Waals surface area contributed by atoms with Crippen molar-refractivity contribution in [2.45, 2.75) is 25.7 Å². The predicted molar refractivity (Wildman–Crippen MR) is 78.3 cm³/mol. The molecule has 4 heteroatoms. The lowest BCUT2D eigenvalue weighted by Gasteiger charge is -2.06. The lowest BCUT2D eigenvalue weighted by atomic mass is 10.0. The topological polar surface area (TPSA) is 66.4 Å². The number of aliphatic carboxylic acids is 1. The lowest BCUT2D eigenvalue weighted by molar-refractivity contribution is -0.305. The number of benzene rings is 2. The SMILES string of the molecule is COc1ccc2cc(C(=O)CCCCC(=O)[O-])ccc2c1. The Kier molecular flexibility index (Phi) is 4.93. The number of hydrogen-bond acceptors (Lipinski definition) is 4. The molecule has 2 aromatic rings. The van der Waals surface area contributed by atoms with Crippen molar-refractivity contribution in [3.05, 3.63) is 42.0 Å². The van der Waals surface area contributed by atoms with Crippen LogP contribution in [0.4, 0.5) is 0 Å². The summed E-state index contributed by atoms with van der Waals surface area (Å²) in [6.45, 7) is 0. The molecule has 0 aliphatic carbocycles. The summed E-state index contributed by atoms with van der Waals surface area (Å²) >= 11 is 0. The van der Waals surface area contributed by atoms with E-state index in [9.17, 15) is 14.7 Å². The molecular weight excluding hydrogens is 268 g/mol. The summed E-state index contributed by atoms with van der Waals surface area (Å²) in [6, 6.07) is 11.2. The Morgan fingerprint density at radius 2 is 1.67 bits per heavy atom. The third-order valence-electron chi connectivity index (χ3n) is 3.40. The van der Waals surface area contributed by atoms with Crippen LogP contribution in [-0.4, -0.2) is 18.9 Å². The van der Waals surface area contributed by atoms with Crippen LogP contribution in [0.3, 0.4) is 0 Å². The largest absolute Gasteiger partial charge is 0.550 e. The van der Waals surface area contributed by atoms with E-state index in [1.165, 1.54) is 0 Å². The van der Waals surface area contributed by atoms with Gasteiger partial charge < -0.3 is 14.6 Å². The number of ketones is 1. The molecule has 0 aliphatic rings. The normalized spacial score (nSPS) is 10.5. The first-order chi connectivity index (χ1) is 10.1. The Morgan fingerprint density at radius 3 is 2.38 bits per heavy atom. The van der Waals surface area contributed by atoms with Crippen molar-refractivity contribution in [2.75, 3.05) is 7.11 Å². The van der Waals surface area contributed by atoms with Crippen LogP contribution < -0.4 is 9.84 Å². The van der Waals surface area contributed by atoms with E-state index in [2.05, 4.69) is 0 Å². The highest BCUT2D eigenvalue weighted by molar-refractivity contribution is 6.00. The Hall–Kier alpha value is -2.36. The van der Waals surface area contributed by atoms with E-state index in [1.807, 2.05) is 30.3 Å². The molecular formula is C17H17O4-. The number of carboxylic acid groups (broad SMARTS) is 1. The highest BCUT2D eigenvalue weighted by atomic mass is 16.5. The number of fused-ring (bicyclic) bond motifs is 1. The minimum Gasteiger partial charge on any atom is -0.550 e. The molecule has 4 nitrogen and oxygen atoms in total. The van der Waals surface area contributed by atoms with Gasteiger partial charge in [0, 0.05) is 18.0 Å². The van der Waals surface area contributed by atoms with E-state index in [-0.39, 0.29) is 12.2 Å². The average molecular weight is 285 g/mol. The zero-order chi connectivity index (χ0) is 15.2. The van der Waals surface area contributed by atoms with Crippen LogP contribution in [0.5, 0.6) is 5.75 Å². The van der Waals surface area contributed by atoms with Gasteiger partial charge in [-0.2, -0.15) is 0 Å². The van der Waals surface area contributed by atoms with Crippen LogP contribution in [0.1, 0.15) is 36.0 Å². The number of carbonyl (C=O) groups excluding carboxylic acids is 2. The summed E-state index contributed by atoms with van der Waals surface area (Å²) < 4.78 is 5.16. The van der Waals surface area contributed by atoms with Crippen molar-refractivity contribution >= 4 is 22.5 Å². The molecule has 0 aromatic heterocycles. The molecule has 0 bridgehead atoms. The summed E-state index contributed by atoms with van der Waals surface area (Å²) in [6.07, 6.45) is 1.39. The van der Waals surface area contributed by atoms with Crippen molar-refractivity contribution in [3.8, 4) is 5.75 Å². The van der Waals surface area contributed by atoms with Gasteiger partial charge in [0.15, 0.2) is 5.78 Å². The summed E-state index contributed by atoms with van der Waals surface area (Å²) in [7, 11) is 1.62. The van der Waals surface area contributed by atoms with Crippen LogP contribution in [0.2, 0.25) is 0 Å². The number of unbranched alkanes of at least 4 members (excludes halogenated alkanes) is 1. The van der Waals surface area contributed by atoms with E-state index >= 15 is 0 Å².